The molecule has 126 valence electrons. The molecule has 0 fully saturated rings. The second kappa shape index (κ2) is 7.40. The normalized spacial score (nSPS) is 10.1. The first-order valence-electron chi connectivity index (χ1n) is 6.89. The van der Waals surface area contributed by atoms with Crippen molar-refractivity contribution in [1.82, 2.24) is 5.32 Å². The first-order valence-corrected chi connectivity index (χ1v) is 6.89. The van der Waals surface area contributed by atoms with Crippen LogP contribution in [0.25, 0.3) is 0 Å². The van der Waals surface area contributed by atoms with E-state index in [-0.39, 0.29) is 12.1 Å². The van der Waals surface area contributed by atoms with Crippen LogP contribution in [0.1, 0.15) is 15.9 Å². The van der Waals surface area contributed by atoms with Gasteiger partial charge in [-0.1, -0.05) is 0 Å². The Kier molecular flexibility index (Phi) is 5.31. The first kappa shape index (κ1) is 17.2. The lowest BCUT2D eigenvalue weighted by Gasteiger charge is -2.11. The SMILES string of the molecule is COc1ccc(CNC(=O)c2cc(F)ccc2[N+](=O)[O-])c(OC)c1. The molecule has 0 heterocycles. The van der Waals surface area contributed by atoms with Crippen LogP contribution in [-0.2, 0) is 6.54 Å². The minimum atomic E-state index is -0.751. The lowest BCUT2D eigenvalue weighted by molar-refractivity contribution is -0.385. The third-order valence-corrected chi connectivity index (χ3v) is 3.33. The fraction of sp³-hybridized carbons (Fsp3) is 0.188. The first-order chi connectivity index (χ1) is 11.5. The Bertz CT molecular complexity index is 779. The lowest BCUT2D eigenvalue weighted by Crippen LogP contribution is -2.24. The highest BCUT2D eigenvalue weighted by Gasteiger charge is 2.21. The minimum Gasteiger partial charge on any atom is -0.497 e. The lowest BCUT2D eigenvalue weighted by atomic mass is 10.1. The number of ether oxygens (including phenoxy) is 2. The third-order valence-electron chi connectivity index (χ3n) is 3.33. The van der Waals surface area contributed by atoms with E-state index in [2.05, 4.69) is 5.32 Å². The molecule has 0 unspecified atom stereocenters. The molecule has 0 aliphatic carbocycles. The fourth-order valence-electron chi connectivity index (χ4n) is 2.12. The topological polar surface area (TPSA) is 90.7 Å². The molecule has 0 spiro atoms. The number of methoxy groups -OCH3 is 2. The Morgan fingerprint density at radius 3 is 2.58 bits per heavy atom. The number of hydrogen-bond acceptors (Lipinski definition) is 5. The molecule has 8 heteroatoms. The summed E-state index contributed by atoms with van der Waals surface area (Å²) in [7, 11) is 2.98. The highest BCUT2D eigenvalue weighted by Crippen LogP contribution is 2.25. The van der Waals surface area contributed by atoms with Gasteiger partial charge in [0.15, 0.2) is 0 Å². The van der Waals surface area contributed by atoms with Gasteiger partial charge in [-0.3, -0.25) is 14.9 Å². The smallest absolute Gasteiger partial charge is 0.282 e. The zero-order valence-corrected chi connectivity index (χ0v) is 13.0. The van der Waals surface area contributed by atoms with Gasteiger partial charge in [0.05, 0.1) is 19.1 Å². The van der Waals surface area contributed by atoms with E-state index < -0.39 is 22.3 Å². The maximum absolute atomic E-state index is 13.3. The number of hydrogen-bond donors (Lipinski definition) is 1. The van der Waals surface area contributed by atoms with Crippen molar-refractivity contribution in [3.63, 3.8) is 0 Å². The van der Waals surface area contributed by atoms with Crippen LogP contribution in [0.3, 0.4) is 0 Å². The molecule has 0 saturated heterocycles. The van der Waals surface area contributed by atoms with Gasteiger partial charge in [-0.25, -0.2) is 4.39 Å². The van der Waals surface area contributed by atoms with Crippen molar-refractivity contribution >= 4 is 11.6 Å². The molecule has 24 heavy (non-hydrogen) atoms. The van der Waals surface area contributed by atoms with Gasteiger partial charge < -0.3 is 14.8 Å². The fourth-order valence-corrected chi connectivity index (χ4v) is 2.12. The van der Waals surface area contributed by atoms with Gasteiger partial charge in [0.2, 0.25) is 0 Å². The molecule has 0 bridgehead atoms. The van der Waals surface area contributed by atoms with E-state index in [0.29, 0.717) is 17.1 Å². The Labute approximate surface area is 137 Å². The number of halogens is 1. The molecule has 0 radical (unpaired) electrons. The summed E-state index contributed by atoms with van der Waals surface area (Å²) >= 11 is 0. The minimum absolute atomic E-state index is 0.0552. The average molecular weight is 334 g/mol. The number of nitro benzene ring substituents is 1. The van der Waals surface area contributed by atoms with Crippen molar-refractivity contribution in [3.8, 4) is 11.5 Å². The molecule has 0 aromatic heterocycles. The van der Waals surface area contributed by atoms with Crippen molar-refractivity contribution < 1.29 is 23.6 Å². The number of rotatable bonds is 6. The van der Waals surface area contributed by atoms with Crippen LogP contribution in [0.2, 0.25) is 0 Å². The van der Waals surface area contributed by atoms with Crippen LogP contribution in [0.5, 0.6) is 11.5 Å². The van der Waals surface area contributed by atoms with Gasteiger partial charge in [0.1, 0.15) is 22.9 Å². The third kappa shape index (κ3) is 3.78. The molecule has 1 N–H and O–H groups in total. The maximum Gasteiger partial charge on any atom is 0.282 e. The summed E-state index contributed by atoms with van der Waals surface area (Å²) in [6, 6.07) is 7.75. The van der Waals surface area contributed by atoms with Crippen molar-refractivity contribution in [2.24, 2.45) is 0 Å². The molecule has 2 rings (SSSR count). The van der Waals surface area contributed by atoms with Crippen LogP contribution < -0.4 is 14.8 Å². The van der Waals surface area contributed by atoms with Gasteiger partial charge in [0, 0.05) is 24.2 Å². The summed E-state index contributed by atoms with van der Waals surface area (Å²) in [6.45, 7) is 0.0552. The Hall–Kier alpha value is -3.16. The molecule has 2 aromatic carbocycles. The van der Waals surface area contributed by atoms with Crippen LogP contribution in [-0.4, -0.2) is 25.1 Å². The maximum atomic E-state index is 13.3. The Balaban J connectivity index is 2.20. The summed E-state index contributed by atoms with van der Waals surface area (Å²) in [5.41, 5.74) is -0.159. The predicted octanol–water partition coefficient (Wildman–Crippen LogP) is 2.68. The van der Waals surface area contributed by atoms with E-state index in [4.69, 9.17) is 9.47 Å². The van der Waals surface area contributed by atoms with Gasteiger partial charge in [0.25, 0.3) is 11.6 Å². The number of nitrogens with one attached hydrogen (secondary N) is 1. The highest BCUT2D eigenvalue weighted by atomic mass is 19.1. The highest BCUT2D eigenvalue weighted by molar-refractivity contribution is 5.98. The number of amides is 1. The molecule has 2 aromatic rings. The number of benzene rings is 2. The second-order valence-electron chi connectivity index (χ2n) is 4.78. The number of carbonyl (C=O) groups excluding carboxylic acids is 1. The van der Waals surface area contributed by atoms with E-state index in [1.165, 1.54) is 14.2 Å². The molecular weight excluding hydrogens is 319 g/mol. The summed E-state index contributed by atoms with van der Waals surface area (Å²) in [6.07, 6.45) is 0. The number of carbonyl (C=O) groups is 1. The van der Waals surface area contributed by atoms with Crippen molar-refractivity contribution in [1.29, 1.82) is 0 Å². The molecule has 1 amide bonds. The molecule has 7 nitrogen and oxygen atoms in total. The second-order valence-corrected chi connectivity index (χ2v) is 4.78. The number of nitrogens with zero attached hydrogens (tertiary/aromatic N) is 1. The molecular formula is C16H15FN2O5. The number of nitro groups is 1. The van der Waals surface area contributed by atoms with Gasteiger partial charge in [-0.15, -0.1) is 0 Å². The quantitative estimate of drug-likeness (QED) is 0.648. The van der Waals surface area contributed by atoms with Crippen molar-refractivity contribution in [2.45, 2.75) is 6.54 Å². The summed E-state index contributed by atoms with van der Waals surface area (Å²) in [5.74, 6) is -0.405. The van der Waals surface area contributed by atoms with Gasteiger partial charge >= 0.3 is 0 Å². The molecule has 0 atom stereocenters. The van der Waals surface area contributed by atoms with Crippen molar-refractivity contribution in [2.75, 3.05) is 14.2 Å². The van der Waals surface area contributed by atoms with Crippen molar-refractivity contribution in [3.05, 3.63) is 63.5 Å². The van der Waals surface area contributed by atoms with Crippen LogP contribution >= 0.6 is 0 Å². The summed E-state index contributed by atoms with van der Waals surface area (Å²) in [5, 5.41) is 13.5. The standard InChI is InChI=1S/C16H15FN2O5/c1-23-12-5-3-10(15(8-12)24-2)9-18-16(20)13-7-11(17)4-6-14(13)19(21)22/h3-8H,9H2,1-2H3,(H,18,20). The predicted molar refractivity (Wildman–Crippen MR) is 83.8 cm³/mol. The van der Waals surface area contributed by atoms with Crippen LogP contribution in [0.4, 0.5) is 10.1 Å². The average Bonchev–Trinajstić information content (AvgIpc) is 2.59. The van der Waals surface area contributed by atoms with E-state index in [1.54, 1.807) is 18.2 Å². The molecule has 0 aliphatic heterocycles. The summed E-state index contributed by atoms with van der Waals surface area (Å²) in [4.78, 5) is 22.4. The van der Waals surface area contributed by atoms with E-state index in [1.807, 2.05) is 0 Å². The monoisotopic (exact) mass is 334 g/mol. The van der Waals surface area contributed by atoms with E-state index in [9.17, 15) is 19.3 Å². The van der Waals surface area contributed by atoms with Crippen LogP contribution in [0.15, 0.2) is 36.4 Å². The molecule has 0 aliphatic rings. The van der Waals surface area contributed by atoms with E-state index in [0.717, 1.165) is 18.2 Å². The zero-order valence-electron chi connectivity index (χ0n) is 13.0. The Morgan fingerprint density at radius 1 is 1.21 bits per heavy atom. The Morgan fingerprint density at radius 2 is 1.96 bits per heavy atom. The van der Waals surface area contributed by atoms with Gasteiger partial charge in [-0.05, 0) is 24.3 Å². The molecule has 0 saturated carbocycles. The summed E-state index contributed by atoms with van der Waals surface area (Å²) < 4.78 is 23.6. The van der Waals surface area contributed by atoms with Gasteiger partial charge in [-0.2, -0.15) is 0 Å². The largest absolute Gasteiger partial charge is 0.497 e. The van der Waals surface area contributed by atoms with E-state index >= 15 is 0 Å². The van der Waals surface area contributed by atoms with Crippen LogP contribution in [0, 0.1) is 15.9 Å². The zero-order chi connectivity index (χ0) is 17.7.